The quantitative estimate of drug-likeness (QED) is 0.648. The summed E-state index contributed by atoms with van der Waals surface area (Å²) in [6.45, 7) is 1.83. The Hall–Kier alpha value is -3.55. The van der Waals surface area contributed by atoms with E-state index >= 15 is 0 Å². The summed E-state index contributed by atoms with van der Waals surface area (Å²) in [5.74, 6) is -1.83. The van der Waals surface area contributed by atoms with Crippen molar-refractivity contribution >= 4 is 11.6 Å². The van der Waals surface area contributed by atoms with Crippen molar-refractivity contribution in [1.29, 1.82) is 0 Å². The Labute approximate surface area is 160 Å². The Balaban J connectivity index is 2.25. The Kier molecular flexibility index (Phi) is 5.21. The molecule has 3 rings (SSSR count). The number of hydrogen-bond donors (Lipinski definition) is 2. The van der Waals surface area contributed by atoms with Crippen molar-refractivity contribution in [1.82, 2.24) is 9.38 Å². The molecule has 28 heavy (non-hydrogen) atoms. The number of carbonyl (C=O) groups is 1. The molecule has 0 amide bonds. The van der Waals surface area contributed by atoms with Crippen molar-refractivity contribution < 1.29 is 24.5 Å². The highest BCUT2D eigenvalue weighted by Crippen LogP contribution is 2.36. The lowest BCUT2D eigenvalue weighted by Gasteiger charge is -2.18. The molecule has 146 valence electrons. The molecule has 0 aliphatic carbocycles. The van der Waals surface area contributed by atoms with Gasteiger partial charge in [0.25, 0.3) is 5.56 Å². The summed E-state index contributed by atoms with van der Waals surface area (Å²) < 4.78 is 11.1. The summed E-state index contributed by atoms with van der Waals surface area (Å²) in [6.07, 6.45) is 1.39. The first-order valence-electron chi connectivity index (χ1n) is 8.51. The fourth-order valence-corrected chi connectivity index (χ4v) is 3.11. The molecule has 0 fully saturated rings. The summed E-state index contributed by atoms with van der Waals surface area (Å²) >= 11 is 0. The molecule has 2 heterocycles. The number of aromatic hydroxyl groups is 2. The maximum Gasteiger partial charge on any atom is 0.306 e. The number of phenols is 1. The highest BCUT2D eigenvalue weighted by Gasteiger charge is 2.27. The molecule has 1 aromatic carbocycles. The van der Waals surface area contributed by atoms with Crippen molar-refractivity contribution in [2.45, 2.75) is 19.3 Å². The summed E-state index contributed by atoms with van der Waals surface area (Å²) in [5, 5.41) is 20.6. The van der Waals surface area contributed by atoms with Crippen LogP contribution in [0, 0.1) is 6.92 Å². The molecule has 1 unspecified atom stereocenters. The van der Waals surface area contributed by atoms with Gasteiger partial charge in [-0.2, -0.15) is 4.98 Å². The monoisotopic (exact) mass is 384 g/mol. The van der Waals surface area contributed by atoms with E-state index in [0.29, 0.717) is 5.56 Å². The number of phenolic OH excluding ortho intramolecular Hbond substituents is 1. The van der Waals surface area contributed by atoms with Crippen molar-refractivity contribution in [3.8, 4) is 17.4 Å². The highest BCUT2D eigenvalue weighted by atomic mass is 16.5. The minimum atomic E-state index is -0.873. The van der Waals surface area contributed by atoms with E-state index in [4.69, 9.17) is 9.47 Å². The minimum absolute atomic E-state index is 0.0573. The number of methoxy groups -OCH3 is 2. The van der Waals surface area contributed by atoms with Gasteiger partial charge >= 0.3 is 5.97 Å². The van der Waals surface area contributed by atoms with Gasteiger partial charge in [0.1, 0.15) is 5.65 Å². The van der Waals surface area contributed by atoms with Crippen molar-refractivity contribution in [3.05, 3.63) is 63.6 Å². The maximum absolute atomic E-state index is 13.1. The smallest absolute Gasteiger partial charge is 0.306 e. The molecule has 0 spiro atoms. The average Bonchev–Trinajstić information content (AvgIpc) is 2.67. The van der Waals surface area contributed by atoms with Crippen LogP contribution < -0.4 is 10.3 Å². The molecule has 1 atom stereocenters. The highest BCUT2D eigenvalue weighted by molar-refractivity contribution is 5.71. The predicted octanol–water partition coefficient (Wildman–Crippen LogP) is 2.12. The van der Waals surface area contributed by atoms with Gasteiger partial charge in [0.05, 0.1) is 26.2 Å². The molecule has 3 aromatic rings. The summed E-state index contributed by atoms with van der Waals surface area (Å²) in [5.41, 5.74) is 0.991. The third-order valence-corrected chi connectivity index (χ3v) is 4.54. The van der Waals surface area contributed by atoms with Gasteiger partial charge in [0.15, 0.2) is 11.5 Å². The van der Waals surface area contributed by atoms with Gasteiger partial charge in [-0.3, -0.25) is 14.0 Å². The van der Waals surface area contributed by atoms with Crippen LogP contribution >= 0.6 is 0 Å². The summed E-state index contributed by atoms with van der Waals surface area (Å²) in [7, 11) is 2.65. The molecule has 0 saturated heterocycles. The standard InChI is InChI=1S/C20H20N2O6/c1-11-4-7-16-21-19(25)18(20(26)22(16)10-11)13(9-17(24)28-3)12-5-6-15(27-2)14(23)8-12/h4-8,10,13,23,25H,9H2,1-3H3. The summed E-state index contributed by atoms with van der Waals surface area (Å²) in [6, 6.07) is 7.90. The molecular weight excluding hydrogens is 364 g/mol. The van der Waals surface area contributed by atoms with E-state index in [9.17, 15) is 19.8 Å². The zero-order chi connectivity index (χ0) is 20.4. The molecule has 2 aromatic heterocycles. The number of esters is 1. The van der Waals surface area contributed by atoms with Gasteiger partial charge in [-0.15, -0.1) is 0 Å². The fourth-order valence-electron chi connectivity index (χ4n) is 3.11. The fraction of sp³-hybridized carbons (Fsp3) is 0.250. The lowest BCUT2D eigenvalue weighted by atomic mass is 9.89. The van der Waals surface area contributed by atoms with Gasteiger partial charge in [0, 0.05) is 12.1 Å². The molecule has 0 bridgehead atoms. The largest absolute Gasteiger partial charge is 0.504 e. The van der Waals surface area contributed by atoms with Crippen molar-refractivity contribution in [3.63, 3.8) is 0 Å². The number of pyridine rings is 1. The van der Waals surface area contributed by atoms with E-state index in [2.05, 4.69) is 4.98 Å². The minimum Gasteiger partial charge on any atom is -0.504 e. The molecule has 2 N–H and O–H groups in total. The van der Waals surface area contributed by atoms with Crippen LogP contribution in [0.5, 0.6) is 17.4 Å². The first-order valence-corrected chi connectivity index (χ1v) is 8.51. The topological polar surface area (TPSA) is 110 Å². The number of rotatable bonds is 5. The number of nitrogens with zero attached hydrogens (tertiary/aromatic N) is 2. The van der Waals surface area contributed by atoms with Gasteiger partial charge in [0.2, 0.25) is 5.88 Å². The lowest BCUT2D eigenvalue weighted by Crippen LogP contribution is -2.24. The van der Waals surface area contributed by atoms with E-state index < -0.39 is 23.3 Å². The molecule has 8 heteroatoms. The Bertz CT molecular complexity index is 1110. The van der Waals surface area contributed by atoms with Crippen LogP contribution in [0.4, 0.5) is 0 Å². The van der Waals surface area contributed by atoms with Crippen LogP contribution in [-0.2, 0) is 9.53 Å². The first-order chi connectivity index (χ1) is 13.3. The van der Waals surface area contributed by atoms with Crippen molar-refractivity contribution in [2.75, 3.05) is 14.2 Å². The first kappa shape index (κ1) is 19.2. The molecular formula is C20H20N2O6. The van der Waals surface area contributed by atoms with Crippen LogP contribution in [-0.4, -0.2) is 39.8 Å². The normalized spacial score (nSPS) is 12.0. The Morgan fingerprint density at radius 3 is 2.61 bits per heavy atom. The van der Waals surface area contributed by atoms with Gasteiger partial charge < -0.3 is 19.7 Å². The van der Waals surface area contributed by atoms with E-state index in [-0.39, 0.29) is 29.1 Å². The zero-order valence-corrected chi connectivity index (χ0v) is 15.7. The third-order valence-electron chi connectivity index (χ3n) is 4.54. The number of hydrogen-bond acceptors (Lipinski definition) is 7. The Morgan fingerprint density at radius 2 is 1.96 bits per heavy atom. The second kappa shape index (κ2) is 7.59. The van der Waals surface area contributed by atoms with Crippen molar-refractivity contribution in [2.24, 2.45) is 0 Å². The van der Waals surface area contributed by atoms with E-state index in [0.717, 1.165) is 5.56 Å². The second-order valence-corrected chi connectivity index (χ2v) is 6.35. The van der Waals surface area contributed by atoms with Gasteiger partial charge in [-0.25, -0.2) is 0 Å². The van der Waals surface area contributed by atoms with Gasteiger partial charge in [-0.05, 0) is 36.2 Å². The van der Waals surface area contributed by atoms with Crippen LogP contribution in [0.25, 0.3) is 5.65 Å². The van der Waals surface area contributed by atoms with E-state index in [1.54, 1.807) is 24.4 Å². The SMILES string of the molecule is COC(=O)CC(c1ccc(OC)c(O)c1)c1c(O)nc2ccc(C)cn2c1=O. The molecule has 0 aliphatic rings. The van der Waals surface area contributed by atoms with Gasteiger partial charge in [-0.1, -0.05) is 12.1 Å². The zero-order valence-electron chi connectivity index (χ0n) is 15.7. The molecule has 0 saturated carbocycles. The van der Waals surface area contributed by atoms with Crippen LogP contribution in [0.15, 0.2) is 41.3 Å². The summed E-state index contributed by atoms with van der Waals surface area (Å²) in [4.78, 5) is 29.2. The third kappa shape index (κ3) is 3.48. The van der Waals surface area contributed by atoms with Crippen LogP contribution in [0.1, 0.15) is 29.0 Å². The number of aryl methyl sites for hydroxylation is 1. The molecule has 8 nitrogen and oxygen atoms in total. The Morgan fingerprint density at radius 1 is 1.21 bits per heavy atom. The second-order valence-electron chi connectivity index (χ2n) is 6.35. The number of fused-ring (bicyclic) bond motifs is 1. The number of carbonyl (C=O) groups excluding carboxylic acids is 1. The lowest BCUT2D eigenvalue weighted by molar-refractivity contribution is -0.140. The maximum atomic E-state index is 13.1. The molecule has 0 aliphatic heterocycles. The van der Waals surface area contributed by atoms with E-state index in [1.807, 2.05) is 6.92 Å². The average molecular weight is 384 g/mol. The van der Waals surface area contributed by atoms with E-state index in [1.165, 1.54) is 30.8 Å². The number of benzene rings is 1. The number of aromatic nitrogens is 2. The predicted molar refractivity (Wildman–Crippen MR) is 101 cm³/mol. The molecule has 0 radical (unpaired) electrons. The van der Waals surface area contributed by atoms with Crippen LogP contribution in [0.3, 0.4) is 0 Å². The number of ether oxygens (including phenoxy) is 2. The van der Waals surface area contributed by atoms with Crippen LogP contribution in [0.2, 0.25) is 0 Å².